The molecule has 0 fully saturated rings. The van der Waals surface area contributed by atoms with Crippen LogP contribution in [0.25, 0.3) is 11.0 Å². The second kappa shape index (κ2) is 7.10. The minimum absolute atomic E-state index is 0.0825. The molecule has 10 heteroatoms. The molecule has 0 saturated heterocycles. The molecule has 152 valence electrons. The predicted molar refractivity (Wildman–Crippen MR) is 97.5 cm³/mol. The van der Waals surface area contributed by atoms with Crippen molar-refractivity contribution in [2.45, 2.75) is 45.1 Å². The highest BCUT2D eigenvalue weighted by Gasteiger charge is 2.61. The smallest absolute Gasteiger partial charge is 0.394 e. The van der Waals surface area contributed by atoms with Crippen LogP contribution < -0.4 is 5.73 Å². The third-order valence-corrected chi connectivity index (χ3v) is 4.68. The predicted octanol–water partition coefficient (Wildman–Crippen LogP) is 2.32. The maximum Gasteiger partial charge on any atom is 0.429 e. The van der Waals surface area contributed by atoms with Crippen molar-refractivity contribution in [3.8, 4) is 0 Å². The molecule has 0 spiro atoms. The van der Waals surface area contributed by atoms with Crippen molar-refractivity contribution in [1.82, 2.24) is 19.3 Å². The summed E-state index contributed by atoms with van der Waals surface area (Å²) in [5, 5.41) is 24.2. The van der Waals surface area contributed by atoms with Gasteiger partial charge in [-0.05, 0) is 25.5 Å². The van der Waals surface area contributed by atoms with Crippen molar-refractivity contribution < 1.29 is 23.4 Å². The molecular weight excluding hydrogens is 375 g/mol. The van der Waals surface area contributed by atoms with Gasteiger partial charge in [0.15, 0.2) is 5.82 Å². The molecule has 0 aliphatic carbocycles. The lowest BCUT2D eigenvalue weighted by Crippen LogP contribution is -2.46. The van der Waals surface area contributed by atoms with Crippen molar-refractivity contribution >= 4 is 16.9 Å². The number of aliphatic hydroxyl groups is 2. The van der Waals surface area contributed by atoms with E-state index in [2.05, 4.69) is 10.1 Å². The topological polar surface area (TPSA) is 102 Å². The number of aromatic nitrogens is 4. The molecule has 2 aromatic heterocycles. The molecule has 0 aliphatic rings. The maximum absolute atomic E-state index is 14.3. The monoisotopic (exact) mass is 397 g/mol. The molecule has 0 aliphatic heterocycles. The van der Waals surface area contributed by atoms with Crippen LogP contribution in [0.3, 0.4) is 0 Å². The lowest BCUT2D eigenvalue weighted by Gasteiger charge is -2.31. The van der Waals surface area contributed by atoms with E-state index in [0.717, 1.165) is 4.68 Å². The molecule has 1 aromatic carbocycles. The summed E-state index contributed by atoms with van der Waals surface area (Å²) in [5.41, 5.74) is 2.64. The van der Waals surface area contributed by atoms with Crippen LogP contribution in [0, 0.1) is 6.92 Å². The number of aryl methyl sites for hydroxylation is 2. The SMILES string of the molecule is CCCn1c(C(O)(c2c(C)nn(CCO)c2N)C(F)(F)F)nc2ccccc21. The summed E-state index contributed by atoms with van der Waals surface area (Å²) in [7, 11) is 0. The second-order valence-corrected chi connectivity index (χ2v) is 6.58. The first-order chi connectivity index (χ1) is 13.2. The fraction of sp³-hybridized carbons (Fsp3) is 0.444. The van der Waals surface area contributed by atoms with E-state index in [1.807, 2.05) is 6.92 Å². The lowest BCUT2D eigenvalue weighted by atomic mass is 9.91. The van der Waals surface area contributed by atoms with Gasteiger partial charge in [0.25, 0.3) is 0 Å². The third kappa shape index (κ3) is 2.92. The summed E-state index contributed by atoms with van der Waals surface area (Å²) < 4.78 is 45.4. The quantitative estimate of drug-likeness (QED) is 0.593. The van der Waals surface area contributed by atoms with Crippen LogP contribution in [-0.2, 0) is 18.7 Å². The number of benzene rings is 1. The standard InChI is InChI=1S/C18H22F3N5O2/c1-3-8-25-13-7-5-4-6-12(13)23-16(25)17(28,18(19,20)21)14-11(2)24-26(9-10-27)15(14)22/h4-7,27-28H,3,8-10,22H2,1-2H3. The summed E-state index contributed by atoms with van der Waals surface area (Å²) in [5.74, 6) is -0.914. The molecule has 0 radical (unpaired) electrons. The van der Waals surface area contributed by atoms with Crippen molar-refractivity contribution in [3.63, 3.8) is 0 Å². The Labute approximate surface area is 159 Å². The number of imidazole rings is 1. The Balaban J connectivity index is 2.37. The van der Waals surface area contributed by atoms with Gasteiger partial charge >= 0.3 is 6.18 Å². The number of para-hydroxylation sites is 2. The van der Waals surface area contributed by atoms with Gasteiger partial charge in [0.1, 0.15) is 5.82 Å². The van der Waals surface area contributed by atoms with Crippen molar-refractivity contribution in [1.29, 1.82) is 0 Å². The summed E-state index contributed by atoms with van der Waals surface area (Å²) in [6.07, 6.45) is -4.56. The highest BCUT2D eigenvalue weighted by molar-refractivity contribution is 5.76. The number of hydrogen-bond donors (Lipinski definition) is 3. The average molecular weight is 397 g/mol. The number of halogens is 3. The molecule has 0 saturated carbocycles. The average Bonchev–Trinajstić information content (AvgIpc) is 3.13. The minimum atomic E-state index is -5.11. The van der Waals surface area contributed by atoms with Crippen LogP contribution in [0.4, 0.5) is 19.0 Å². The highest BCUT2D eigenvalue weighted by atomic mass is 19.4. The Bertz CT molecular complexity index is 995. The van der Waals surface area contributed by atoms with Gasteiger partial charge in [0.2, 0.25) is 5.60 Å². The summed E-state index contributed by atoms with van der Waals surface area (Å²) in [6, 6.07) is 6.61. The second-order valence-electron chi connectivity index (χ2n) is 6.58. The van der Waals surface area contributed by atoms with Gasteiger partial charge in [0.05, 0.1) is 35.4 Å². The Morgan fingerprint density at radius 1 is 1.18 bits per heavy atom. The molecule has 7 nitrogen and oxygen atoms in total. The molecule has 2 heterocycles. The Kier molecular flexibility index (Phi) is 5.11. The number of rotatable bonds is 6. The summed E-state index contributed by atoms with van der Waals surface area (Å²) in [4.78, 5) is 4.13. The molecule has 4 N–H and O–H groups in total. The van der Waals surface area contributed by atoms with Crippen LogP contribution in [0.1, 0.15) is 30.4 Å². The molecule has 1 atom stereocenters. The molecule has 28 heavy (non-hydrogen) atoms. The van der Waals surface area contributed by atoms with E-state index in [4.69, 9.17) is 10.8 Å². The Morgan fingerprint density at radius 2 is 1.86 bits per heavy atom. The van der Waals surface area contributed by atoms with E-state index in [-0.39, 0.29) is 31.2 Å². The molecule has 0 amide bonds. The van der Waals surface area contributed by atoms with Crippen LogP contribution >= 0.6 is 0 Å². The van der Waals surface area contributed by atoms with Crippen LogP contribution in [0.15, 0.2) is 24.3 Å². The number of anilines is 1. The zero-order valence-electron chi connectivity index (χ0n) is 15.5. The van der Waals surface area contributed by atoms with Crippen molar-refractivity contribution in [2.75, 3.05) is 12.3 Å². The van der Waals surface area contributed by atoms with Crippen molar-refractivity contribution in [3.05, 3.63) is 41.3 Å². The first-order valence-corrected chi connectivity index (χ1v) is 8.85. The largest absolute Gasteiger partial charge is 0.429 e. The number of nitrogen functional groups attached to an aromatic ring is 1. The van der Waals surface area contributed by atoms with Crippen LogP contribution in [0.5, 0.6) is 0 Å². The van der Waals surface area contributed by atoms with Crippen LogP contribution in [-0.4, -0.2) is 42.3 Å². The number of nitrogens with zero attached hydrogens (tertiary/aromatic N) is 4. The Hall–Kier alpha value is -2.59. The summed E-state index contributed by atoms with van der Waals surface area (Å²) in [6.45, 7) is 2.95. The van der Waals surface area contributed by atoms with Gasteiger partial charge in [-0.2, -0.15) is 18.3 Å². The van der Waals surface area contributed by atoms with E-state index in [9.17, 15) is 18.3 Å². The van der Waals surface area contributed by atoms with Gasteiger partial charge in [-0.1, -0.05) is 19.1 Å². The normalized spacial score (nSPS) is 14.5. The van der Waals surface area contributed by atoms with Gasteiger partial charge in [0, 0.05) is 6.54 Å². The number of fused-ring (bicyclic) bond motifs is 1. The third-order valence-electron chi connectivity index (χ3n) is 4.68. The van der Waals surface area contributed by atoms with Crippen molar-refractivity contribution in [2.24, 2.45) is 0 Å². The number of hydrogen-bond acceptors (Lipinski definition) is 5. The molecule has 3 aromatic rings. The Morgan fingerprint density at radius 3 is 2.46 bits per heavy atom. The minimum Gasteiger partial charge on any atom is -0.394 e. The van der Waals surface area contributed by atoms with E-state index >= 15 is 0 Å². The molecule has 3 rings (SSSR count). The van der Waals surface area contributed by atoms with Gasteiger partial charge in [-0.3, -0.25) is 0 Å². The van der Waals surface area contributed by atoms with E-state index in [1.165, 1.54) is 11.5 Å². The van der Waals surface area contributed by atoms with Gasteiger partial charge in [-0.15, -0.1) is 0 Å². The van der Waals surface area contributed by atoms with Crippen LogP contribution in [0.2, 0.25) is 0 Å². The fourth-order valence-corrected chi connectivity index (χ4v) is 3.49. The van der Waals surface area contributed by atoms with Gasteiger partial charge < -0.3 is 20.5 Å². The van der Waals surface area contributed by atoms with E-state index < -0.39 is 23.2 Å². The lowest BCUT2D eigenvalue weighted by molar-refractivity contribution is -0.251. The van der Waals surface area contributed by atoms with E-state index in [1.54, 1.807) is 24.3 Å². The maximum atomic E-state index is 14.3. The number of aliphatic hydroxyl groups excluding tert-OH is 1. The number of nitrogens with two attached hydrogens (primary N) is 1. The summed E-state index contributed by atoms with van der Waals surface area (Å²) >= 11 is 0. The molecular formula is C18H22F3N5O2. The zero-order valence-corrected chi connectivity index (χ0v) is 15.5. The number of alkyl halides is 3. The zero-order chi connectivity index (χ0) is 20.7. The first-order valence-electron chi connectivity index (χ1n) is 8.85. The van der Waals surface area contributed by atoms with Gasteiger partial charge in [-0.25, -0.2) is 9.67 Å². The highest BCUT2D eigenvalue weighted by Crippen LogP contribution is 2.47. The molecule has 1 unspecified atom stereocenters. The first kappa shape index (κ1) is 20.2. The van der Waals surface area contributed by atoms with E-state index in [0.29, 0.717) is 17.5 Å². The molecule has 0 bridgehead atoms. The fourth-order valence-electron chi connectivity index (χ4n) is 3.49.